The largest absolute Gasteiger partial charge is 0.462 e. The minimum Gasteiger partial charge on any atom is -0.462 e. The van der Waals surface area contributed by atoms with Gasteiger partial charge < -0.3 is 24.5 Å². The van der Waals surface area contributed by atoms with Crippen LogP contribution in [0.15, 0.2) is 12.7 Å². The van der Waals surface area contributed by atoms with Gasteiger partial charge in [0.05, 0.1) is 31.4 Å². The van der Waals surface area contributed by atoms with E-state index in [1.54, 1.807) is 6.33 Å². The number of carbonyl (C=O) groups excluding carboxylic acids is 1. The summed E-state index contributed by atoms with van der Waals surface area (Å²) in [6.45, 7) is 11.7. The normalized spacial score (nSPS) is 14.5. The summed E-state index contributed by atoms with van der Waals surface area (Å²) >= 11 is 6.14. The number of unbranched alkanes of at least 4 members (excludes halogenated alkanes) is 13. The number of nitrogen functional groups attached to an aromatic ring is 1. The van der Waals surface area contributed by atoms with Crippen molar-refractivity contribution in [2.45, 2.75) is 156 Å². The lowest BCUT2D eigenvalue weighted by atomic mass is 10.0. The smallest absolute Gasteiger partial charge is 0.323 e. The number of hydrogen-bond acceptors (Lipinski definition) is 9. The van der Waals surface area contributed by atoms with Crippen molar-refractivity contribution in [3.8, 4) is 0 Å². The number of ether oxygens (including phenoxy) is 3. The molecule has 0 aliphatic carbocycles. The lowest BCUT2D eigenvalue weighted by Crippen LogP contribution is -2.36. The van der Waals surface area contributed by atoms with Gasteiger partial charge in [0.1, 0.15) is 17.9 Å². The molecule has 264 valence electrons. The zero-order valence-electron chi connectivity index (χ0n) is 29.4. The number of fused-ring (bicyclic) bond motifs is 1. The summed E-state index contributed by atoms with van der Waals surface area (Å²) in [6, 6.07) is -0.513. The van der Waals surface area contributed by atoms with E-state index < -0.39 is 12.2 Å². The Morgan fingerprint density at radius 3 is 2.09 bits per heavy atom. The second-order valence-electron chi connectivity index (χ2n) is 12.9. The van der Waals surface area contributed by atoms with E-state index in [-0.39, 0.29) is 18.2 Å². The highest BCUT2D eigenvalue weighted by Crippen LogP contribution is 2.43. The third kappa shape index (κ3) is 17.0. The summed E-state index contributed by atoms with van der Waals surface area (Å²) in [5.74, 6) is 0.0549. The Balaban J connectivity index is 1.67. The molecule has 0 spiro atoms. The average Bonchev–Trinajstić information content (AvgIpc) is 3.43. The van der Waals surface area contributed by atoms with Crippen LogP contribution in [0.1, 0.15) is 131 Å². The summed E-state index contributed by atoms with van der Waals surface area (Å²) in [7, 11) is 0. The molecular formula is C34H63N6O4PS. The van der Waals surface area contributed by atoms with E-state index in [0.29, 0.717) is 36.5 Å². The predicted molar refractivity (Wildman–Crippen MR) is 194 cm³/mol. The van der Waals surface area contributed by atoms with Crippen molar-refractivity contribution in [1.82, 2.24) is 24.6 Å². The van der Waals surface area contributed by atoms with Crippen molar-refractivity contribution in [2.75, 3.05) is 31.5 Å². The fraction of sp³-hybridized carbons (Fsp3) is 0.824. The molecule has 3 N–H and O–H groups in total. The first kappa shape index (κ1) is 40.5. The number of rotatable bonds is 28. The van der Waals surface area contributed by atoms with Crippen LogP contribution >= 0.6 is 6.19 Å². The molecule has 2 rings (SSSR count). The maximum absolute atomic E-state index is 12.6. The highest BCUT2D eigenvalue weighted by atomic mass is 32.4. The van der Waals surface area contributed by atoms with Gasteiger partial charge in [0.15, 0.2) is 11.5 Å². The van der Waals surface area contributed by atoms with Crippen LogP contribution in [-0.2, 0) is 37.4 Å². The number of anilines is 1. The zero-order chi connectivity index (χ0) is 33.6. The molecule has 0 bridgehead atoms. The molecule has 0 saturated carbocycles. The van der Waals surface area contributed by atoms with Crippen LogP contribution < -0.4 is 10.8 Å². The molecule has 0 saturated heterocycles. The monoisotopic (exact) mass is 682 g/mol. The number of nitrogens with zero attached hydrogens (tertiary/aromatic N) is 4. The van der Waals surface area contributed by atoms with E-state index in [1.165, 1.54) is 89.8 Å². The molecule has 2 aromatic heterocycles. The van der Waals surface area contributed by atoms with Crippen LogP contribution in [0.5, 0.6) is 0 Å². The van der Waals surface area contributed by atoms with Crippen LogP contribution in [0.2, 0.25) is 0 Å². The van der Waals surface area contributed by atoms with Crippen molar-refractivity contribution < 1.29 is 19.0 Å². The van der Waals surface area contributed by atoms with E-state index in [0.717, 1.165) is 25.6 Å². The van der Waals surface area contributed by atoms with Gasteiger partial charge in [0.25, 0.3) is 0 Å². The molecule has 0 radical (unpaired) electrons. The third-order valence-corrected chi connectivity index (χ3v) is 11.7. The molecular weight excluding hydrogens is 619 g/mol. The molecule has 12 heteroatoms. The Morgan fingerprint density at radius 1 is 0.891 bits per heavy atom. The summed E-state index contributed by atoms with van der Waals surface area (Å²) in [5.41, 5.74) is 7.18. The minimum atomic E-state index is -2.25. The zero-order valence-corrected chi connectivity index (χ0v) is 31.1. The van der Waals surface area contributed by atoms with Gasteiger partial charge in [-0.2, -0.15) is 0 Å². The van der Waals surface area contributed by atoms with Crippen molar-refractivity contribution in [3.05, 3.63) is 12.7 Å². The minimum absolute atomic E-state index is 0.160. The summed E-state index contributed by atoms with van der Waals surface area (Å²) in [6.07, 6.45) is 21.3. The molecule has 3 atom stereocenters. The van der Waals surface area contributed by atoms with Gasteiger partial charge in [0, 0.05) is 19.4 Å². The van der Waals surface area contributed by atoms with Crippen LogP contribution in [0, 0.1) is 0 Å². The van der Waals surface area contributed by atoms with Crippen LogP contribution in [0.25, 0.3) is 11.2 Å². The maximum atomic E-state index is 12.6. The Kier molecular flexibility index (Phi) is 20.8. The molecule has 0 aliphatic heterocycles. The van der Waals surface area contributed by atoms with Gasteiger partial charge in [-0.3, -0.25) is 9.88 Å². The predicted octanol–water partition coefficient (Wildman–Crippen LogP) is 7.98. The molecule has 0 fully saturated rings. The third-order valence-electron chi connectivity index (χ3n) is 8.04. The van der Waals surface area contributed by atoms with Crippen molar-refractivity contribution in [2.24, 2.45) is 0 Å². The van der Waals surface area contributed by atoms with Gasteiger partial charge in [-0.15, -0.1) is 0 Å². The number of nitrogens with two attached hydrogens (primary N) is 1. The van der Waals surface area contributed by atoms with E-state index in [9.17, 15) is 4.79 Å². The van der Waals surface area contributed by atoms with Gasteiger partial charge >= 0.3 is 5.97 Å². The quantitative estimate of drug-likeness (QED) is 0.0518. The van der Waals surface area contributed by atoms with E-state index in [2.05, 4.69) is 27.0 Å². The summed E-state index contributed by atoms with van der Waals surface area (Å²) in [4.78, 5) is 25.2. The first-order valence-corrected chi connectivity index (χ1v) is 21.0. The van der Waals surface area contributed by atoms with Gasteiger partial charge in [-0.05, 0) is 46.7 Å². The number of imidazole rings is 1. The Labute approximate surface area is 283 Å². The number of esters is 1. The Hall–Kier alpha value is -1.65. The molecule has 0 amide bonds. The second kappa shape index (κ2) is 23.6. The highest BCUT2D eigenvalue weighted by molar-refractivity contribution is 8.13. The lowest BCUT2D eigenvalue weighted by molar-refractivity contribution is -0.148. The van der Waals surface area contributed by atoms with Gasteiger partial charge in [0.2, 0.25) is 0 Å². The first-order chi connectivity index (χ1) is 22.1. The van der Waals surface area contributed by atoms with Gasteiger partial charge in [-0.25, -0.2) is 15.0 Å². The molecule has 0 aliphatic rings. The van der Waals surface area contributed by atoms with E-state index >= 15 is 0 Å². The van der Waals surface area contributed by atoms with Gasteiger partial charge in [-0.1, -0.05) is 102 Å². The lowest BCUT2D eigenvalue weighted by Gasteiger charge is -2.28. The van der Waals surface area contributed by atoms with Crippen LogP contribution in [0.4, 0.5) is 5.82 Å². The molecule has 2 heterocycles. The fourth-order valence-corrected chi connectivity index (χ4v) is 8.76. The second-order valence-corrected chi connectivity index (χ2v) is 17.8. The molecule has 10 nitrogen and oxygen atoms in total. The fourth-order valence-electron chi connectivity index (χ4n) is 5.44. The van der Waals surface area contributed by atoms with E-state index in [4.69, 9.17) is 31.8 Å². The number of hydrogen-bond donors (Lipinski definition) is 2. The van der Waals surface area contributed by atoms with Crippen molar-refractivity contribution in [1.29, 1.82) is 0 Å². The number of nitrogens with one attached hydrogen (secondary N) is 1. The van der Waals surface area contributed by atoms with Crippen molar-refractivity contribution in [3.63, 3.8) is 0 Å². The molecule has 46 heavy (non-hydrogen) atoms. The van der Waals surface area contributed by atoms with E-state index in [1.807, 2.05) is 32.3 Å². The van der Waals surface area contributed by atoms with Crippen LogP contribution in [-0.4, -0.2) is 69.5 Å². The Bertz CT molecular complexity index is 1150. The SMILES string of the molecule is CCCCCCCCCCCCCCCCOCCCP(=S)(COC(C)Cn1cnc2c(N)ncnc21)NC(C)C(=O)OC(C)C. The summed E-state index contributed by atoms with van der Waals surface area (Å²) in [5, 5.41) is 3.42. The Morgan fingerprint density at radius 2 is 1.48 bits per heavy atom. The van der Waals surface area contributed by atoms with Crippen LogP contribution in [0.3, 0.4) is 0 Å². The average molecular weight is 683 g/mol. The number of carbonyl (C=O) groups is 1. The standard InChI is InChI=1S/C34H63N6O4PS/c1-6-7-8-9-10-11-12-13-14-15-16-17-18-19-21-42-22-20-23-45(46,39-30(5)34(41)44-28(2)3)27-43-29(4)24-40-26-38-31-32(35)36-25-37-33(31)40/h25-26,28-30H,6-24,27H2,1-5H3,(H,39,46)(H2,35,36,37). The first-order valence-electron chi connectivity index (χ1n) is 17.8. The highest BCUT2D eigenvalue weighted by Gasteiger charge is 2.26. The van der Waals surface area contributed by atoms with Crippen molar-refractivity contribution >= 4 is 40.9 Å². The number of aromatic nitrogens is 4. The topological polar surface area (TPSA) is 126 Å². The molecule has 3 unspecified atom stereocenters. The molecule has 2 aromatic rings. The maximum Gasteiger partial charge on any atom is 0.323 e. The summed E-state index contributed by atoms with van der Waals surface area (Å²) < 4.78 is 19.6. The molecule has 0 aromatic carbocycles.